The molecular weight excluding hydrogens is 392 g/mol. The fourth-order valence-corrected chi connectivity index (χ4v) is 3.78. The van der Waals surface area contributed by atoms with E-state index in [2.05, 4.69) is 46.9 Å². The number of nitriles is 1. The van der Waals surface area contributed by atoms with Gasteiger partial charge in [-0.15, -0.1) is 5.10 Å². The second-order valence-electron chi connectivity index (χ2n) is 8.91. The second kappa shape index (κ2) is 7.99. The number of pyridine rings is 2. The number of nitrogens with zero attached hydrogens (tertiary/aromatic N) is 6. The Balaban J connectivity index is 1.50. The number of piperidine rings is 1. The third-order valence-corrected chi connectivity index (χ3v) is 5.66. The van der Waals surface area contributed by atoms with Crippen LogP contribution >= 0.6 is 0 Å². The van der Waals surface area contributed by atoms with Crippen molar-refractivity contribution in [3.8, 4) is 11.9 Å². The standard InChI is InChI=1S/C23H26N6O2/c1-23(2,3)19-7-8-20(27-26-19)31-16-9-11-29(12-10-16)18-13-21(30)28(4)17-6-5-15(14-24)25-22(17)18/h5-8,13,16H,9-12H2,1-4H3. The van der Waals surface area contributed by atoms with Gasteiger partial charge >= 0.3 is 0 Å². The normalized spacial score (nSPS) is 15.1. The van der Waals surface area contributed by atoms with Crippen LogP contribution in [-0.4, -0.2) is 38.9 Å². The van der Waals surface area contributed by atoms with Crippen LogP contribution in [0.2, 0.25) is 0 Å². The van der Waals surface area contributed by atoms with Gasteiger partial charge in [0.1, 0.15) is 23.4 Å². The van der Waals surface area contributed by atoms with Crippen LogP contribution in [0.5, 0.6) is 5.88 Å². The zero-order chi connectivity index (χ0) is 22.2. The summed E-state index contributed by atoms with van der Waals surface area (Å²) in [5.41, 5.74) is 3.27. The van der Waals surface area contributed by atoms with Crippen LogP contribution in [0.4, 0.5) is 5.69 Å². The van der Waals surface area contributed by atoms with Crippen molar-refractivity contribution in [2.45, 2.75) is 45.1 Å². The number of anilines is 1. The summed E-state index contributed by atoms with van der Waals surface area (Å²) in [5, 5.41) is 17.8. The summed E-state index contributed by atoms with van der Waals surface area (Å²) < 4.78 is 7.61. The van der Waals surface area contributed by atoms with E-state index >= 15 is 0 Å². The third kappa shape index (κ3) is 4.22. The fourth-order valence-electron chi connectivity index (χ4n) is 3.78. The molecule has 1 aliphatic heterocycles. The van der Waals surface area contributed by atoms with Gasteiger partial charge in [-0.1, -0.05) is 20.8 Å². The highest BCUT2D eigenvalue weighted by Gasteiger charge is 2.24. The average Bonchev–Trinajstić information content (AvgIpc) is 2.76. The largest absolute Gasteiger partial charge is 0.473 e. The Morgan fingerprint density at radius 3 is 2.48 bits per heavy atom. The van der Waals surface area contributed by atoms with Gasteiger partial charge in [-0.25, -0.2) is 4.98 Å². The molecule has 1 aliphatic rings. The van der Waals surface area contributed by atoms with E-state index in [1.165, 1.54) is 0 Å². The zero-order valence-electron chi connectivity index (χ0n) is 18.3. The Morgan fingerprint density at radius 1 is 1.13 bits per heavy atom. The molecule has 3 aromatic rings. The minimum atomic E-state index is -0.0957. The molecule has 0 spiro atoms. The maximum atomic E-state index is 12.5. The summed E-state index contributed by atoms with van der Waals surface area (Å²) in [4.78, 5) is 19.1. The van der Waals surface area contributed by atoms with Gasteiger partial charge in [-0.05, 0) is 18.2 Å². The Kier molecular flexibility index (Phi) is 5.36. The van der Waals surface area contributed by atoms with Crippen LogP contribution in [-0.2, 0) is 12.5 Å². The van der Waals surface area contributed by atoms with E-state index in [0.29, 0.717) is 22.6 Å². The Bertz CT molecular complexity index is 1200. The van der Waals surface area contributed by atoms with Gasteiger partial charge in [0, 0.05) is 50.5 Å². The highest BCUT2D eigenvalue weighted by Crippen LogP contribution is 2.28. The van der Waals surface area contributed by atoms with Gasteiger partial charge < -0.3 is 14.2 Å². The first-order valence-corrected chi connectivity index (χ1v) is 10.4. The van der Waals surface area contributed by atoms with Crippen LogP contribution < -0.4 is 15.2 Å². The molecule has 0 aromatic carbocycles. The quantitative estimate of drug-likeness (QED) is 0.645. The van der Waals surface area contributed by atoms with Crippen molar-refractivity contribution in [2.24, 2.45) is 7.05 Å². The van der Waals surface area contributed by atoms with Crippen molar-refractivity contribution in [1.82, 2.24) is 19.7 Å². The maximum absolute atomic E-state index is 12.5. The lowest BCUT2D eigenvalue weighted by Crippen LogP contribution is -2.39. The molecular formula is C23H26N6O2. The smallest absolute Gasteiger partial charge is 0.252 e. The summed E-state index contributed by atoms with van der Waals surface area (Å²) in [6.07, 6.45) is 1.61. The topological polar surface area (TPSA) is 96.9 Å². The minimum Gasteiger partial charge on any atom is -0.473 e. The van der Waals surface area contributed by atoms with E-state index in [1.54, 1.807) is 29.8 Å². The predicted molar refractivity (Wildman–Crippen MR) is 118 cm³/mol. The van der Waals surface area contributed by atoms with Crippen molar-refractivity contribution in [2.75, 3.05) is 18.0 Å². The van der Waals surface area contributed by atoms with Gasteiger partial charge in [0.2, 0.25) is 5.88 Å². The van der Waals surface area contributed by atoms with Crippen molar-refractivity contribution in [3.63, 3.8) is 0 Å². The predicted octanol–water partition coefficient (Wildman–Crippen LogP) is 2.94. The van der Waals surface area contributed by atoms with Crippen molar-refractivity contribution in [3.05, 3.63) is 52.1 Å². The molecule has 0 bridgehead atoms. The molecule has 8 heteroatoms. The van der Waals surface area contributed by atoms with Crippen LogP contribution in [0.25, 0.3) is 11.0 Å². The molecule has 8 nitrogen and oxygen atoms in total. The molecule has 0 unspecified atom stereocenters. The summed E-state index contributed by atoms with van der Waals surface area (Å²) >= 11 is 0. The molecule has 0 N–H and O–H groups in total. The number of hydrogen-bond acceptors (Lipinski definition) is 7. The third-order valence-electron chi connectivity index (χ3n) is 5.66. The molecule has 3 aromatic heterocycles. The summed E-state index contributed by atoms with van der Waals surface area (Å²) in [6, 6.07) is 10.9. The first-order chi connectivity index (χ1) is 14.8. The zero-order valence-corrected chi connectivity index (χ0v) is 18.3. The molecule has 1 saturated heterocycles. The summed E-state index contributed by atoms with van der Waals surface area (Å²) in [7, 11) is 1.72. The lowest BCUT2D eigenvalue weighted by Gasteiger charge is -2.33. The SMILES string of the molecule is Cn1c(=O)cc(N2CCC(Oc3ccc(C(C)(C)C)nn3)CC2)c2nc(C#N)ccc21. The van der Waals surface area contributed by atoms with Gasteiger partial charge in [-0.3, -0.25) is 4.79 Å². The minimum absolute atomic E-state index is 0.0338. The number of rotatable bonds is 3. The highest BCUT2D eigenvalue weighted by atomic mass is 16.5. The second-order valence-corrected chi connectivity index (χ2v) is 8.91. The van der Waals surface area contributed by atoms with E-state index in [1.807, 2.05) is 12.1 Å². The first-order valence-electron chi connectivity index (χ1n) is 10.4. The lowest BCUT2D eigenvalue weighted by molar-refractivity contribution is 0.162. The van der Waals surface area contributed by atoms with Crippen LogP contribution in [0.3, 0.4) is 0 Å². The maximum Gasteiger partial charge on any atom is 0.252 e. The van der Waals surface area contributed by atoms with E-state index in [4.69, 9.17) is 4.74 Å². The van der Waals surface area contributed by atoms with Gasteiger partial charge in [-0.2, -0.15) is 10.4 Å². The number of ether oxygens (including phenoxy) is 1. The first kappa shape index (κ1) is 20.8. The number of fused-ring (bicyclic) bond motifs is 1. The Morgan fingerprint density at radius 2 is 1.87 bits per heavy atom. The fraction of sp³-hybridized carbons (Fsp3) is 0.435. The van der Waals surface area contributed by atoms with Crippen molar-refractivity contribution >= 4 is 16.7 Å². The summed E-state index contributed by atoms with van der Waals surface area (Å²) in [6.45, 7) is 7.74. The van der Waals surface area contributed by atoms with E-state index in [-0.39, 0.29) is 17.1 Å². The van der Waals surface area contributed by atoms with Crippen molar-refractivity contribution in [1.29, 1.82) is 5.26 Å². The number of aryl methyl sites for hydroxylation is 1. The monoisotopic (exact) mass is 418 g/mol. The molecule has 0 saturated carbocycles. The average molecular weight is 419 g/mol. The molecule has 1 fully saturated rings. The Labute approximate surface area is 181 Å². The molecule has 0 amide bonds. The van der Waals surface area contributed by atoms with Gasteiger partial charge in [0.25, 0.3) is 5.56 Å². The molecule has 160 valence electrons. The van der Waals surface area contributed by atoms with E-state index < -0.39 is 0 Å². The van der Waals surface area contributed by atoms with Crippen LogP contribution in [0, 0.1) is 11.3 Å². The molecule has 0 aliphatic carbocycles. The molecule has 4 heterocycles. The molecule has 0 atom stereocenters. The summed E-state index contributed by atoms with van der Waals surface area (Å²) in [5.74, 6) is 0.533. The molecule has 0 radical (unpaired) electrons. The number of hydrogen-bond donors (Lipinski definition) is 0. The van der Waals surface area contributed by atoms with Crippen LogP contribution in [0.15, 0.2) is 35.1 Å². The Hall–Kier alpha value is -3.47. The van der Waals surface area contributed by atoms with Crippen molar-refractivity contribution < 1.29 is 4.74 Å². The number of aromatic nitrogens is 4. The molecule has 31 heavy (non-hydrogen) atoms. The van der Waals surface area contributed by atoms with E-state index in [9.17, 15) is 10.1 Å². The highest BCUT2D eigenvalue weighted by molar-refractivity contribution is 5.88. The van der Waals surface area contributed by atoms with Crippen LogP contribution in [0.1, 0.15) is 45.0 Å². The molecule has 4 rings (SSSR count). The van der Waals surface area contributed by atoms with Gasteiger partial charge in [0.15, 0.2) is 0 Å². The van der Waals surface area contributed by atoms with E-state index in [0.717, 1.165) is 37.3 Å². The van der Waals surface area contributed by atoms with Gasteiger partial charge in [0.05, 0.1) is 16.9 Å². The lowest BCUT2D eigenvalue weighted by atomic mass is 9.92.